The topological polar surface area (TPSA) is 93.1 Å². The van der Waals surface area contributed by atoms with Crippen LogP contribution in [-0.4, -0.2) is 32.5 Å². The lowest BCUT2D eigenvalue weighted by molar-refractivity contribution is -0.134. The summed E-state index contributed by atoms with van der Waals surface area (Å²) < 4.78 is 0. The Labute approximate surface area is 219 Å². The highest BCUT2D eigenvalue weighted by molar-refractivity contribution is 6.17. The van der Waals surface area contributed by atoms with Gasteiger partial charge >= 0.3 is 0 Å². The number of imide groups is 1. The first kappa shape index (κ1) is 27.8. The Balaban J connectivity index is 1.59. The number of anilines is 1. The lowest BCUT2D eigenvalue weighted by Gasteiger charge is -2.31. The molecule has 0 aliphatic heterocycles. The van der Waals surface area contributed by atoms with E-state index in [-0.39, 0.29) is 23.4 Å². The van der Waals surface area contributed by atoms with E-state index in [9.17, 15) is 14.4 Å². The molecule has 37 heavy (non-hydrogen) atoms. The van der Waals surface area contributed by atoms with Crippen molar-refractivity contribution >= 4 is 40.4 Å². The smallest absolute Gasteiger partial charge is 0.240 e. The molecular weight excluding hydrogens is 464 g/mol. The number of amides is 2. The van der Waals surface area contributed by atoms with Crippen LogP contribution in [0.5, 0.6) is 0 Å². The molecule has 0 atom stereocenters. The second-order valence-corrected chi connectivity index (χ2v) is 11.3. The van der Waals surface area contributed by atoms with Crippen molar-refractivity contribution in [2.45, 2.75) is 67.2 Å². The molecule has 3 aromatic rings. The highest BCUT2D eigenvalue weighted by atomic mass is 16.2. The van der Waals surface area contributed by atoms with E-state index in [1.807, 2.05) is 30.3 Å². The van der Waals surface area contributed by atoms with E-state index in [0.29, 0.717) is 19.3 Å². The third kappa shape index (κ3) is 7.62. The Morgan fingerprint density at radius 3 is 2.22 bits per heavy atom. The standard InChI is InChI=1S/C30H36N4O3/c1-29(2,3)27(36)34(28(37)30(4,5)6)26-18-23(32-20-33-26)12-8-9-13-24(35)16-15-21-17-22-11-7-10-14-25(22)31-19-21/h7,10-11,14-20H,8-9,12-13H2,1-6H3. The van der Waals surface area contributed by atoms with Crippen LogP contribution in [0.25, 0.3) is 17.0 Å². The number of para-hydroxylation sites is 1. The first-order valence-electron chi connectivity index (χ1n) is 12.6. The Bertz CT molecular complexity index is 1290. The van der Waals surface area contributed by atoms with Gasteiger partial charge in [0, 0.05) is 40.6 Å². The molecule has 2 aromatic heterocycles. The molecule has 0 aliphatic rings. The Hall–Kier alpha value is -3.74. The maximum absolute atomic E-state index is 13.1. The van der Waals surface area contributed by atoms with Gasteiger partial charge in [0.25, 0.3) is 0 Å². The van der Waals surface area contributed by atoms with Crippen LogP contribution in [0.3, 0.4) is 0 Å². The number of carbonyl (C=O) groups excluding carboxylic acids is 3. The molecule has 0 saturated carbocycles. The molecule has 0 fully saturated rings. The van der Waals surface area contributed by atoms with Gasteiger partial charge in [0.1, 0.15) is 12.1 Å². The number of nitrogens with zero attached hydrogens (tertiary/aromatic N) is 4. The van der Waals surface area contributed by atoms with Gasteiger partial charge in [0.2, 0.25) is 11.8 Å². The van der Waals surface area contributed by atoms with Crippen LogP contribution < -0.4 is 4.90 Å². The number of aryl methyl sites for hydroxylation is 1. The number of hydrogen-bond acceptors (Lipinski definition) is 6. The summed E-state index contributed by atoms with van der Waals surface area (Å²) in [5, 5.41) is 1.04. The van der Waals surface area contributed by atoms with Crippen molar-refractivity contribution in [1.82, 2.24) is 15.0 Å². The van der Waals surface area contributed by atoms with Crippen LogP contribution >= 0.6 is 0 Å². The number of pyridine rings is 1. The number of aromatic nitrogens is 3. The molecule has 0 aliphatic carbocycles. The molecule has 0 N–H and O–H groups in total. The summed E-state index contributed by atoms with van der Waals surface area (Å²) in [4.78, 5) is 52.8. The molecule has 3 rings (SSSR count). The molecule has 7 nitrogen and oxygen atoms in total. The fourth-order valence-corrected chi connectivity index (χ4v) is 3.67. The normalized spacial score (nSPS) is 12.2. The molecular formula is C30H36N4O3. The number of hydrogen-bond donors (Lipinski definition) is 0. The number of ketones is 1. The average molecular weight is 501 g/mol. The Kier molecular flexibility index (Phi) is 8.69. The largest absolute Gasteiger partial charge is 0.295 e. The molecule has 1 aromatic carbocycles. The fraction of sp³-hybridized carbons (Fsp3) is 0.400. The Morgan fingerprint density at radius 1 is 0.865 bits per heavy atom. The summed E-state index contributed by atoms with van der Waals surface area (Å²) in [7, 11) is 0. The van der Waals surface area contributed by atoms with Crippen LogP contribution in [0.4, 0.5) is 5.82 Å². The van der Waals surface area contributed by atoms with Crippen molar-refractivity contribution in [3.05, 3.63) is 66.3 Å². The number of unbranched alkanes of at least 4 members (excludes halogenated alkanes) is 1. The molecule has 0 spiro atoms. The van der Waals surface area contributed by atoms with E-state index in [2.05, 4.69) is 15.0 Å². The van der Waals surface area contributed by atoms with Crippen LogP contribution in [0.15, 0.2) is 55.0 Å². The van der Waals surface area contributed by atoms with Gasteiger partial charge in [-0.25, -0.2) is 14.9 Å². The molecule has 0 bridgehead atoms. The van der Waals surface area contributed by atoms with E-state index in [1.54, 1.807) is 66.0 Å². The van der Waals surface area contributed by atoms with Gasteiger partial charge in [-0.1, -0.05) is 59.7 Å². The van der Waals surface area contributed by atoms with Gasteiger partial charge in [0.05, 0.1) is 5.52 Å². The zero-order chi connectivity index (χ0) is 27.2. The number of carbonyl (C=O) groups is 3. The summed E-state index contributed by atoms with van der Waals surface area (Å²) in [6.07, 6.45) is 9.02. The fourth-order valence-electron chi connectivity index (χ4n) is 3.67. The van der Waals surface area contributed by atoms with Gasteiger partial charge in [-0.3, -0.25) is 19.4 Å². The van der Waals surface area contributed by atoms with Crippen LogP contribution in [0.1, 0.15) is 72.1 Å². The number of benzene rings is 1. The number of fused-ring (bicyclic) bond motifs is 1. The average Bonchev–Trinajstić information content (AvgIpc) is 2.84. The van der Waals surface area contributed by atoms with E-state index < -0.39 is 10.8 Å². The SMILES string of the molecule is CC(C)(C)C(=O)N(C(=O)C(C)(C)C)c1cc(CCCCC(=O)C=Cc2cnc3ccccc3c2)ncn1. The lowest BCUT2D eigenvalue weighted by atomic mass is 9.90. The monoisotopic (exact) mass is 500 g/mol. The Morgan fingerprint density at radius 2 is 1.54 bits per heavy atom. The molecule has 7 heteroatoms. The molecule has 2 heterocycles. The second-order valence-electron chi connectivity index (χ2n) is 11.3. The van der Waals surface area contributed by atoms with Crippen molar-refractivity contribution in [1.29, 1.82) is 0 Å². The van der Waals surface area contributed by atoms with E-state index >= 15 is 0 Å². The van der Waals surface area contributed by atoms with Crippen molar-refractivity contribution in [3.8, 4) is 0 Å². The van der Waals surface area contributed by atoms with Crippen LogP contribution in [0, 0.1) is 10.8 Å². The maximum atomic E-state index is 13.1. The highest BCUT2D eigenvalue weighted by Gasteiger charge is 2.38. The quantitative estimate of drug-likeness (QED) is 0.279. The van der Waals surface area contributed by atoms with Gasteiger partial charge in [-0.2, -0.15) is 0 Å². The van der Waals surface area contributed by atoms with Crippen molar-refractivity contribution < 1.29 is 14.4 Å². The minimum Gasteiger partial charge on any atom is -0.295 e. The highest BCUT2D eigenvalue weighted by Crippen LogP contribution is 2.28. The van der Waals surface area contributed by atoms with E-state index in [1.165, 1.54) is 11.2 Å². The van der Waals surface area contributed by atoms with E-state index in [4.69, 9.17) is 0 Å². The molecule has 2 amide bonds. The third-order valence-electron chi connectivity index (χ3n) is 5.81. The first-order valence-corrected chi connectivity index (χ1v) is 12.6. The predicted molar refractivity (Wildman–Crippen MR) is 147 cm³/mol. The second kappa shape index (κ2) is 11.5. The summed E-state index contributed by atoms with van der Waals surface area (Å²) in [6.45, 7) is 10.7. The van der Waals surface area contributed by atoms with Crippen LogP contribution in [-0.2, 0) is 20.8 Å². The van der Waals surface area contributed by atoms with Crippen LogP contribution in [0.2, 0.25) is 0 Å². The minimum absolute atomic E-state index is 0.0502. The number of allylic oxidation sites excluding steroid dienone is 1. The van der Waals surface area contributed by atoms with Gasteiger partial charge in [0.15, 0.2) is 5.78 Å². The van der Waals surface area contributed by atoms with Gasteiger partial charge in [-0.05, 0) is 49.1 Å². The van der Waals surface area contributed by atoms with E-state index in [0.717, 1.165) is 28.6 Å². The third-order valence-corrected chi connectivity index (χ3v) is 5.81. The minimum atomic E-state index is -0.747. The maximum Gasteiger partial charge on any atom is 0.240 e. The van der Waals surface area contributed by atoms with Crippen molar-refractivity contribution in [2.24, 2.45) is 10.8 Å². The van der Waals surface area contributed by atoms with Crippen molar-refractivity contribution in [3.63, 3.8) is 0 Å². The van der Waals surface area contributed by atoms with Gasteiger partial charge < -0.3 is 0 Å². The van der Waals surface area contributed by atoms with Gasteiger partial charge in [-0.15, -0.1) is 0 Å². The zero-order valence-electron chi connectivity index (χ0n) is 22.6. The zero-order valence-corrected chi connectivity index (χ0v) is 22.6. The molecule has 0 unspecified atom stereocenters. The summed E-state index contributed by atoms with van der Waals surface area (Å²) in [6, 6.07) is 11.6. The first-order chi connectivity index (χ1) is 17.4. The summed E-state index contributed by atoms with van der Waals surface area (Å²) in [5.41, 5.74) is 1.04. The molecule has 194 valence electrons. The molecule has 0 saturated heterocycles. The predicted octanol–water partition coefficient (Wildman–Crippen LogP) is 5.97. The van der Waals surface area contributed by atoms with Crippen molar-refractivity contribution in [2.75, 3.05) is 4.90 Å². The lowest BCUT2D eigenvalue weighted by Crippen LogP contribution is -2.48. The molecule has 0 radical (unpaired) electrons. The summed E-state index contributed by atoms with van der Waals surface area (Å²) >= 11 is 0. The number of rotatable bonds is 8. The summed E-state index contributed by atoms with van der Waals surface area (Å²) in [5.74, 6) is -0.283.